The van der Waals surface area contributed by atoms with Crippen molar-refractivity contribution in [3.63, 3.8) is 0 Å². The summed E-state index contributed by atoms with van der Waals surface area (Å²) in [5, 5.41) is 0. The van der Waals surface area contributed by atoms with E-state index in [1.54, 1.807) is 0 Å². The zero-order valence-electron chi connectivity index (χ0n) is 11.0. The Bertz CT molecular complexity index is 245. The van der Waals surface area contributed by atoms with Crippen LogP contribution in [0, 0.1) is 5.92 Å². The maximum absolute atomic E-state index is 11.7. The fourth-order valence-corrected chi connectivity index (χ4v) is 2.54. The predicted molar refractivity (Wildman–Crippen MR) is 66.6 cm³/mol. The fourth-order valence-electron chi connectivity index (χ4n) is 2.54. The molecule has 0 aromatic carbocycles. The molecule has 2 atom stereocenters. The summed E-state index contributed by atoms with van der Waals surface area (Å²) in [6, 6.07) is 0. The minimum atomic E-state index is -0.775. The van der Waals surface area contributed by atoms with Crippen LogP contribution in [-0.4, -0.2) is 31.8 Å². The third-order valence-electron chi connectivity index (χ3n) is 3.69. The molecule has 0 aromatic heterocycles. The van der Waals surface area contributed by atoms with Crippen molar-refractivity contribution in [3.05, 3.63) is 0 Å². The van der Waals surface area contributed by atoms with Crippen LogP contribution in [-0.2, 0) is 14.3 Å². The standard InChI is InChI=1S/C13H25NO3/c1-3-4-9-17-10-7-11-6-5-8-13(11,14)12(15)16-2/h11H,3-10,14H2,1-2H3. The Kier molecular flexibility index (Phi) is 5.92. The van der Waals surface area contributed by atoms with E-state index >= 15 is 0 Å². The molecule has 0 saturated heterocycles. The maximum atomic E-state index is 11.7. The van der Waals surface area contributed by atoms with Crippen LogP contribution in [0.2, 0.25) is 0 Å². The first-order valence-electron chi connectivity index (χ1n) is 6.60. The van der Waals surface area contributed by atoms with E-state index in [-0.39, 0.29) is 11.9 Å². The number of rotatable bonds is 7. The van der Waals surface area contributed by atoms with Crippen molar-refractivity contribution in [2.45, 2.75) is 51.0 Å². The smallest absolute Gasteiger partial charge is 0.326 e. The van der Waals surface area contributed by atoms with Gasteiger partial charge in [-0.1, -0.05) is 19.8 Å². The maximum Gasteiger partial charge on any atom is 0.326 e. The van der Waals surface area contributed by atoms with Gasteiger partial charge in [0.25, 0.3) is 0 Å². The summed E-state index contributed by atoms with van der Waals surface area (Å²) in [5.41, 5.74) is 5.39. The number of hydrogen-bond acceptors (Lipinski definition) is 4. The number of esters is 1. The van der Waals surface area contributed by atoms with E-state index in [1.807, 2.05) is 0 Å². The third-order valence-corrected chi connectivity index (χ3v) is 3.69. The first-order valence-corrected chi connectivity index (χ1v) is 6.60. The fraction of sp³-hybridized carbons (Fsp3) is 0.923. The highest BCUT2D eigenvalue weighted by molar-refractivity contribution is 5.81. The molecule has 0 bridgehead atoms. The quantitative estimate of drug-likeness (QED) is 0.547. The van der Waals surface area contributed by atoms with Crippen LogP contribution in [0.25, 0.3) is 0 Å². The van der Waals surface area contributed by atoms with Gasteiger partial charge in [-0.05, 0) is 31.6 Å². The van der Waals surface area contributed by atoms with E-state index in [4.69, 9.17) is 15.2 Å². The van der Waals surface area contributed by atoms with Crippen LogP contribution >= 0.6 is 0 Å². The SMILES string of the molecule is CCCCOCCC1CCCC1(N)C(=O)OC. The average molecular weight is 243 g/mol. The molecule has 1 saturated carbocycles. The van der Waals surface area contributed by atoms with Crippen molar-refractivity contribution < 1.29 is 14.3 Å². The second-order valence-corrected chi connectivity index (χ2v) is 4.88. The van der Waals surface area contributed by atoms with Gasteiger partial charge in [0, 0.05) is 13.2 Å². The van der Waals surface area contributed by atoms with Crippen molar-refractivity contribution in [2.75, 3.05) is 20.3 Å². The molecule has 4 nitrogen and oxygen atoms in total. The van der Waals surface area contributed by atoms with Gasteiger partial charge in [0.15, 0.2) is 0 Å². The monoisotopic (exact) mass is 243 g/mol. The molecule has 0 spiro atoms. The van der Waals surface area contributed by atoms with Crippen molar-refractivity contribution in [1.82, 2.24) is 0 Å². The lowest BCUT2D eigenvalue weighted by Gasteiger charge is -2.28. The molecular formula is C13H25NO3. The second-order valence-electron chi connectivity index (χ2n) is 4.88. The first kappa shape index (κ1) is 14.5. The van der Waals surface area contributed by atoms with Gasteiger partial charge in [0.1, 0.15) is 5.54 Å². The van der Waals surface area contributed by atoms with E-state index in [1.165, 1.54) is 7.11 Å². The van der Waals surface area contributed by atoms with Gasteiger partial charge in [-0.25, -0.2) is 0 Å². The minimum Gasteiger partial charge on any atom is -0.468 e. The zero-order chi connectivity index (χ0) is 12.7. The lowest BCUT2D eigenvalue weighted by atomic mass is 9.86. The van der Waals surface area contributed by atoms with Gasteiger partial charge in [-0.15, -0.1) is 0 Å². The highest BCUT2D eigenvalue weighted by Crippen LogP contribution is 2.36. The number of unbranched alkanes of at least 4 members (excludes halogenated alkanes) is 1. The zero-order valence-corrected chi connectivity index (χ0v) is 11.0. The van der Waals surface area contributed by atoms with Gasteiger partial charge < -0.3 is 15.2 Å². The molecule has 1 fully saturated rings. The van der Waals surface area contributed by atoms with E-state index in [0.717, 1.165) is 45.1 Å². The summed E-state index contributed by atoms with van der Waals surface area (Å²) in [4.78, 5) is 11.7. The molecule has 2 N–H and O–H groups in total. The molecule has 0 amide bonds. The van der Waals surface area contributed by atoms with E-state index in [9.17, 15) is 4.79 Å². The molecule has 100 valence electrons. The first-order chi connectivity index (χ1) is 8.15. The summed E-state index contributed by atoms with van der Waals surface area (Å²) in [6.07, 6.45) is 5.84. The van der Waals surface area contributed by atoms with Crippen LogP contribution in [0.15, 0.2) is 0 Å². The van der Waals surface area contributed by atoms with E-state index in [2.05, 4.69) is 6.92 Å². The molecule has 0 aliphatic heterocycles. The molecule has 17 heavy (non-hydrogen) atoms. The Morgan fingerprint density at radius 3 is 2.88 bits per heavy atom. The molecule has 0 aromatic rings. The number of nitrogens with two attached hydrogens (primary N) is 1. The third kappa shape index (κ3) is 3.68. The molecule has 4 heteroatoms. The molecule has 1 aliphatic rings. The molecule has 0 radical (unpaired) electrons. The van der Waals surface area contributed by atoms with Crippen LogP contribution < -0.4 is 5.73 Å². The molecule has 1 aliphatic carbocycles. The minimum absolute atomic E-state index is 0.205. The number of carbonyl (C=O) groups is 1. The summed E-state index contributed by atoms with van der Waals surface area (Å²) in [5.74, 6) is -0.0647. The largest absolute Gasteiger partial charge is 0.468 e. The molecule has 0 heterocycles. The van der Waals surface area contributed by atoms with Gasteiger partial charge in [0.05, 0.1) is 7.11 Å². The molecule has 2 unspecified atom stereocenters. The predicted octanol–water partition coefficient (Wildman–Crippen LogP) is 1.86. The summed E-state index contributed by atoms with van der Waals surface area (Å²) in [7, 11) is 1.41. The number of hydrogen-bond donors (Lipinski definition) is 1. The second kappa shape index (κ2) is 6.97. The Labute approximate surface area is 104 Å². The normalized spacial score (nSPS) is 28.3. The van der Waals surface area contributed by atoms with Gasteiger partial charge in [-0.3, -0.25) is 4.79 Å². The highest BCUT2D eigenvalue weighted by atomic mass is 16.5. The summed E-state index contributed by atoms with van der Waals surface area (Å²) >= 11 is 0. The summed E-state index contributed by atoms with van der Waals surface area (Å²) in [6.45, 7) is 3.64. The lowest BCUT2D eigenvalue weighted by Crippen LogP contribution is -2.51. The molecule has 1 rings (SSSR count). The van der Waals surface area contributed by atoms with Crippen molar-refractivity contribution in [3.8, 4) is 0 Å². The van der Waals surface area contributed by atoms with Crippen LogP contribution in [0.3, 0.4) is 0 Å². The van der Waals surface area contributed by atoms with Crippen LogP contribution in [0.5, 0.6) is 0 Å². The van der Waals surface area contributed by atoms with Crippen LogP contribution in [0.4, 0.5) is 0 Å². The summed E-state index contributed by atoms with van der Waals surface area (Å²) < 4.78 is 10.3. The van der Waals surface area contributed by atoms with Crippen molar-refractivity contribution >= 4 is 5.97 Å². The number of methoxy groups -OCH3 is 1. The Morgan fingerprint density at radius 2 is 2.24 bits per heavy atom. The topological polar surface area (TPSA) is 61.5 Å². The van der Waals surface area contributed by atoms with E-state index in [0.29, 0.717) is 6.61 Å². The lowest BCUT2D eigenvalue weighted by molar-refractivity contribution is -0.148. The van der Waals surface area contributed by atoms with Gasteiger partial charge in [-0.2, -0.15) is 0 Å². The Morgan fingerprint density at radius 1 is 1.47 bits per heavy atom. The van der Waals surface area contributed by atoms with Crippen molar-refractivity contribution in [2.24, 2.45) is 11.7 Å². The van der Waals surface area contributed by atoms with Gasteiger partial charge >= 0.3 is 5.97 Å². The van der Waals surface area contributed by atoms with Crippen LogP contribution in [0.1, 0.15) is 45.4 Å². The van der Waals surface area contributed by atoms with E-state index < -0.39 is 5.54 Å². The van der Waals surface area contributed by atoms with Crippen molar-refractivity contribution in [1.29, 1.82) is 0 Å². The number of ether oxygens (including phenoxy) is 2. The highest BCUT2D eigenvalue weighted by Gasteiger charge is 2.46. The Hall–Kier alpha value is -0.610. The number of carbonyl (C=O) groups excluding carboxylic acids is 1. The average Bonchev–Trinajstić information content (AvgIpc) is 2.71. The molecular weight excluding hydrogens is 218 g/mol. The Balaban J connectivity index is 2.34. The van der Waals surface area contributed by atoms with Gasteiger partial charge in [0.2, 0.25) is 0 Å².